The maximum atomic E-state index is 5.12. The highest BCUT2D eigenvalue weighted by atomic mass is 79.9. The summed E-state index contributed by atoms with van der Waals surface area (Å²) in [6.45, 7) is 1.08. The number of aliphatic imine (C=N–C) groups is 1. The molecule has 104 valence electrons. The van der Waals surface area contributed by atoms with Crippen LogP contribution in [-0.4, -0.2) is 16.8 Å². The third kappa shape index (κ3) is 1.59. The number of benzene rings is 1. The lowest BCUT2D eigenvalue weighted by Crippen LogP contribution is -2.41. The Labute approximate surface area is 128 Å². The highest BCUT2D eigenvalue weighted by molar-refractivity contribution is 9.10. The van der Waals surface area contributed by atoms with Crippen LogP contribution in [0.1, 0.15) is 37.7 Å². The minimum atomic E-state index is 0.728. The number of nitrogens with zero attached hydrogens (tertiary/aromatic N) is 2. The molecule has 5 aliphatic rings. The fourth-order valence-electron chi connectivity index (χ4n) is 5.18. The van der Waals surface area contributed by atoms with E-state index in [4.69, 9.17) is 4.99 Å². The Bertz CT molecular complexity index is 595. The highest BCUT2D eigenvalue weighted by Crippen LogP contribution is 2.50. The van der Waals surface area contributed by atoms with Crippen LogP contribution in [0.5, 0.6) is 0 Å². The number of hydrogen-bond acceptors (Lipinski definition) is 2. The summed E-state index contributed by atoms with van der Waals surface area (Å²) >= 11 is 3.69. The molecule has 2 nitrogen and oxygen atoms in total. The zero-order chi connectivity index (χ0) is 13.3. The lowest BCUT2D eigenvalue weighted by molar-refractivity contribution is 0.128. The first kappa shape index (κ1) is 11.8. The summed E-state index contributed by atoms with van der Waals surface area (Å²) in [4.78, 5) is 7.79. The minimum absolute atomic E-state index is 0.728. The van der Waals surface area contributed by atoms with Gasteiger partial charge in [0, 0.05) is 23.0 Å². The molecule has 20 heavy (non-hydrogen) atoms. The average Bonchev–Trinajstić information content (AvgIpc) is 2.60. The molecule has 4 bridgehead atoms. The zero-order valence-electron chi connectivity index (χ0n) is 11.6. The molecule has 3 aliphatic heterocycles. The van der Waals surface area contributed by atoms with Gasteiger partial charge in [0.05, 0.1) is 5.69 Å². The Morgan fingerprint density at radius 1 is 1.05 bits per heavy atom. The molecule has 0 amide bonds. The topological polar surface area (TPSA) is 15.6 Å². The Balaban J connectivity index is 1.66. The van der Waals surface area contributed by atoms with Gasteiger partial charge in [0.15, 0.2) is 0 Å². The van der Waals surface area contributed by atoms with E-state index in [2.05, 4.69) is 39.0 Å². The normalized spacial score (nSPS) is 37.2. The molecule has 2 saturated carbocycles. The standard InChI is InChI=1S/C17H19BrN2/c18-15-3-1-2-12-9-20-14-7-10-4-11(8-14)6-13(5-10)17(20)19-16(12)15/h1-3,10-11,13-14H,4-9H2/t10-,11-,13?,14?/m0/s1. The van der Waals surface area contributed by atoms with Gasteiger partial charge in [0.2, 0.25) is 0 Å². The summed E-state index contributed by atoms with van der Waals surface area (Å²) in [5.74, 6) is 4.08. The van der Waals surface area contributed by atoms with Crippen LogP contribution in [0.15, 0.2) is 27.7 Å². The first-order valence-corrected chi connectivity index (χ1v) is 8.70. The van der Waals surface area contributed by atoms with Gasteiger partial charge < -0.3 is 4.90 Å². The van der Waals surface area contributed by atoms with Crippen LogP contribution in [-0.2, 0) is 6.54 Å². The molecular formula is C17H19BrN2. The SMILES string of the molecule is Brc1cccc2c1N=C1C3C[C@H]4CC(C[C@H](C3)C4)N1C2. The molecule has 0 unspecified atom stereocenters. The predicted molar refractivity (Wildman–Crippen MR) is 84.1 cm³/mol. The van der Waals surface area contributed by atoms with E-state index in [1.54, 1.807) is 0 Å². The van der Waals surface area contributed by atoms with Crippen LogP contribution in [0, 0.1) is 17.8 Å². The molecule has 0 aromatic heterocycles. The van der Waals surface area contributed by atoms with E-state index in [0.717, 1.165) is 34.8 Å². The third-order valence-electron chi connectivity index (χ3n) is 5.85. The van der Waals surface area contributed by atoms with E-state index in [0.29, 0.717) is 0 Å². The van der Waals surface area contributed by atoms with Crippen LogP contribution < -0.4 is 0 Å². The molecule has 2 saturated heterocycles. The van der Waals surface area contributed by atoms with Crippen molar-refractivity contribution in [1.29, 1.82) is 0 Å². The lowest BCUT2D eigenvalue weighted by Gasteiger charge is -2.39. The van der Waals surface area contributed by atoms with Gasteiger partial charge in [-0.05, 0) is 71.5 Å². The van der Waals surface area contributed by atoms with Crippen LogP contribution in [0.25, 0.3) is 0 Å². The number of halogens is 1. The second kappa shape index (κ2) is 4.09. The van der Waals surface area contributed by atoms with Crippen molar-refractivity contribution in [2.45, 2.75) is 44.7 Å². The molecule has 1 aromatic rings. The van der Waals surface area contributed by atoms with Gasteiger partial charge in [0.1, 0.15) is 5.84 Å². The molecule has 2 atom stereocenters. The second-order valence-electron chi connectivity index (χ2n) is 7.11. The van der Waals surface area contributed by atoms with Gasteiger partial charge in [0.25, 0.3) is 0 Å². The van der Waals surface area contributed by atoms with Gasteiger partial charge in [-0.2, -0.15) is 0 Å². The van der Waals surface area contributed by atoms with E-state index < -0.39 is 0 Å². The van der Waals surface area contributed by atoms with Crippen molar-refractivity contribution in [3.05, 3.63) is 28.2 Å². The number of para-hydroxylation sites is 1. The van der Waals surface area contributed by atoms with Gasteiger partial charge in [-0.15, -0.1) is 0 Å². The van der Waals surface area contributed by atoms with Crippen LogP contribution in [0.3, 0.4) is 0 Å². The van der Waals surface area contributed by atoms with E-state index in [9.17, 15) is 0 Å². The summed E-state index contributed by atoms with van der Waals surface area (Å²) in [5, 5.41) is 0. The predicted octanol–water partition coefficient (Wildman–Crippen LogP) is 4.50. The molecule has 6 rings (SSSR count). The van der Waals surface area contributed by atoms with Crippen LogP contribution in [0.4, 0.5) is 5.69 Å². The molecule has 2 aliphatic carbocycles. The van der Waals surface area contributed by atoms with Crippen molar-refractivity contribution in [2.24, 2.45) is 22.7 Å². The quantitative estimate of drug-likeness (QED) is 0.683. The number of fused-ring (bicyclic) bond motifs is 1. The van der Waals surface area contributed by atoms with Crippen LogP contribution >= 0.6 is 15.9 Å². The summed E-state index contributed by atoms with van der Waals surface area (Å²) < 4.78 is 1.16. The Morgan fingerprint density at radius 2 is 1.85 bits per heavy atom. The molecule has 3 heteroatoms. The molecule has 4 fully saturated rings. The zero-order valence-corrected chi connectivity index (χ0v) is 13.1. The summed E-state index contributed by atoms with van der Waals surface area (Å²) in [6, 6.07) is 7.27. The maximum absolute atomic E-state index is 5.12. The van der Waals surface area contributed by atoms with Gasteiger partial charge >= 0.3 is 0 Å². The maximum Gasteiger partial charge on any atom is 0.109 e. The Kier molecular flexibility index (Phi) is 2.41. The number of amidine groups is 1. The summed E-state index contributed by atoms with van der Waals surface area (Å²) in [7, 11) is 0. The first-order chi connectivity index (χ1) is 9.78. The highest BCUT2D eigenvalue weighted by Gasteiger charge is 2.46. The molecule has 3 heterocycles. The Hall–Kier alpha value is -0.830. The monoisotopic (exact) mass is 330 g/mol. The first-order valence-electron chi connectivity index (χ1n) is 7.90. The van der Waals surface area contributed by atoms with Crippen molar-refractivity contribution in [3.63, 3.8) is 0 Å². The van der Waals surface area contributed by atoms with Gasteiger partial charge in [-0.1, -0.05) is 12.1 Å². The van der Waals surface area contributed by atoms with E-state index in [1.807, 2.05) is 0 Å². The van der Waals surface area contributed by atoms with Crippen LogP contribution in [0.2, 0.25) is 0 Å². The van der Waals surface area contributed by atoms with Gasteiger partial charge in [-0.3, -0.25) is 0 Å². The van der Waals surface area contributed by atoms with E-state index >= 15 is 0 Å². The van der Waals surface area contributed by atoms with Crippen molar-refractivity contribution in [1.82, 2.24) is 4.90 Å². The molecule has 1 aromatic carbocycles. The summed E-state index contributed by atoms with van der Waals surface area (Å²) in [5.41, 5.74) is 2.59. The van der Waals surface area contributed by atoms with Gasteiger partial charge in [-0.25, -0.2) is 4.99 Å². The molecule has 0 radical (unpaired) electrons. The molecular weight excluding hydrogens is 312 g/mol. The fraction of sp³-hybridized carbons (Fsp3) is 0.588. The average molecular weight is 331 g/mol. The number of hydrogen-bond donors (Lipinski definition) is 0. The van der Waals surface area contributed by atoms with Crippen molar-refractivity contribution in [3.8, 4) is 0 Å². The van der Waals surface area contributed by atoms with Crippen molar-refractivity contribution < 1.29 is 0 Å². The van der Waals surface area contributed by atoms with Crippen molar-refractivity contribution in [2.75, 3.05) is 0 Å². The minimum Gasteiger partial charge on any atom is -0.352 e. The number of rotatable bonds is 0. The smallest absolute Gasteiger partial charge is 0.109 e. The van der Waals surface area contributed by atoms with Crippen molar-refractivity contribution >= 4 is 27.5 Å². The largest absolute Gasteiger partial charge is 0.352 e. The molecule has 0 N–H and O–H groups in total. The molecule has 0 spiro atoms. The summed E-state index contributed by atoms with van der Waals surface area (Å²) in [6.07, 6.45) is 7.10. The van der Waals surface area contributed by atoms with E-state index in [1.165, 1.54) is 49.2 Å². The third-order valence-corrected chi connectivity index (χ3v) is 6.49. The lowest BCUT2D eigenvalue weighted by atomic mass is 9.68. The Morgan fingerprint density at radius 3 is 2.65 bits per heavy atom. The second-order valence-corrected chi connectivity index (χ2v) is 7.96. The van der Waals surface area contributed by atoms with E-state index in [-0.39, 0.29) is 0 Å². The fourth-order valence-corrected chi connectivity index (χ4v) is 5.67.